The highest BCUT2D eigenvalue weighted by molar-refractivity contribution is 4.86. The first-order valence-corrected chi connectivity index (χ1v) is 7.83. The third-order valence-electron chi connectivity index (χ3n) is 4.80. The molecule has 0 bridgehead atoms. The van der Waals surface area contributed by atoms with Gasteiger partial charge in [0.05, 0.1) is 0 Å². The van der Waals surface area contributed by atoms with E-state index in [1.165, 1.54) is 52.0 Å². The zero-order valence-electron chi connectivity index (χ0n) is 12.5. The van der Waals surface area contributed by atoms with Crippen LogP contribution in [0.15, 0.2) is 0 Å². The van der Waals surface area contributed by atoms with Crippen LogP contribution in [0.2, 0.25) is 0 Å². The maximum Gasteiger partial charge on any atom is 0.0110 e. The van der Waals surface area contributed by atoms with Gasteiger partial charge in [0, 0.05) is 38.8 Å². The van der Waals surface area contributed by atoms with Crippen LogP contribution in [0.1, 0.15) is 33.1 Å². The van der Waals surface area contributed by atoms with E-state index in [2.05, 4.69) is 36.0 Å². The summed E-state index contributed by atoms with van der Waals surface area (Å²) in [4.78, 5) is 5.13. The summed E-state index contributed by atoms with van der Waals surface area (Å²) in [7, 11) is 2.24. The molecule has 1 saturated carbocycles. The van der Waals surface area contributed by atoms with E-state index in [4.69, 9.17) is 0 Å². The fourth-order valence-electron chi connectivity index (χ4n) is 3.59. The van der Waals surface area contributed by atoms with Gasteiger partial charge in [0.2, 0.25) is 0 Å². The first-order valence-electron chi connectivity index (χ1n) is 7.83. The van der Waals surface area contributed by atoms with Crippen LogP contribution in [-0.2, 0) is 0 Å². The summed E-state index contributed by atoms with van der Waals surface area (Å²) in [6.07, 6.45) is 4.22. The van der Waals surface area contributed by atoms with E-state index in [1.807, 2.05) is 0 Å². The summed E-state index contributed by atoms with van der Waals surface area (Å²) in [5.41, 5.74) is 0. The van der Waals surface area contributed by atoms with E-state index in [0.29, 0.717) is 0 Å². The van der Waals surface area contributed by atoms with Crippen molar-refractivity contribution in [3.63, 3.8) is 0 Å². The largest absolute Gasteiger partial charge is 0.314 e. The van der Waals surface area contributed by atoms with Gasteiger partial charge in [-0.1, -0.05) is 13.8 Å². The summed E-state index contributed by atoms with van der Waals surface area (Å²) in [6.45, 7) is 12.1. The molecule has 2 aliphatic rings. The van der Waals surface area contributed by atoms with Crippen molar-refractivity contribution in [3.05, 3.63) is 0 Å². The van der Waals surface area contributed by atoms with Crippen LogP contribution in [0.5, 0.6) is 0 Å². The van der Waals surface area contributed by atoms with Crippen molar-refractivity contribution in [2.24, 2.45) is 11.8 Å². The van der Waals surface area contributed by atoms with Gasteiger partial charge in [-0.3, -0.25) is 0 Å². The fraction of sp³-hybridized carbons (Fsp3) is 1.00. The Morgan fingerprint density at radius 2 is 1.83 bits per heavy atom. The van der Waals surface area contributed by atoms with E-state index < -0.39 is 0 Å². The second kappa shape index (κ2) is 6.88. The number of piperazine rings is 1. The molecular formula is C15H31N3. The summed E-state index contributed by atoms with van der Waals surface area (Å²) in [5.74, 6) is 1.80. The molecule has 1 aliphatic heterocycles. The molecule has 3 unspecified atom stereocenters. The van der Waals surface area contributed by atoms with Crippen LogP contribution in [-0.4, -0.2) is 62.2 Å². The molecule has 0 amide bonds. The Morgan fingerprint density at radius 3 is 2.50 bits per heavy atom. The molecule has 1 heterocycles. The third kappa shape index (κ3) is 3.94. The van der Waals surface area contributed by atoms with Gasteiger partial charge in [-0.05, 0) is 44.7 Å². The Bertz CT molecular complexity index is 236. The van der Waals surface area contributed by atoms with Crippen molar-refractivity contribution in [2.75, 3.05) is 46.3 Å². The maximum atomic E-state index is 3.72. The predicted octanol–water partition coefficient (Wildman–Crippen LogP) is 1.65. The molecule has 2 fully saturated rings. The summed E-state index contributed by atoms with van der Waals surface area (Å²) in [5, 5.41) is 3.72. The zero-order valence-corrected chi connectivity index (χ0v) is 12.5. The Hall–Kier alpha value is -0.120. The van der Waals surface area contributed by atoms with Crippen molar-refractivity contribution in [3.8, 4) is 0 Å². The van der Waals surface area contributed by atoms with Crippen LogP contribution < -0.4 is 5.32 Å². The van der Waals surface area contributed by atoms with Gasteiger partial charge < -0.3 is 15.1 Å². The number of likely N-dealkylation sites (N-methyl/N-ethyl adjacent to an activating group) is 1. The average molecular weight is 253 g/mol. The van der Waals surface area contributed by atoms with E-state index in [-0.39, 0.29) is 0 Å². The third-order valence-corrected chi connectivity index (χ3v) is 4.80. The van der Waals surface area contributed by atoms with Crippen LogP contribution in [0, 0.1) is 11.8 Å². The van der Waals surface area contributed by atoms with Crippen molar-refractivity contribution in [2.45, 2.75) is 39.2 Å². The van der Waals surface area contributed by atoms with Gasteiger partial charge >= 0.3 is 0 Å². The molecule has 18 heavy (non-hydrogen) atoms. The SMILES string of the molecule is CCNC1CCC(C)CC1CN1CCN(C)CC1. The summed E-state index contributed by atoms with van der Waals surface area (Å²) >= 11 is 0. The number of hydrogen-bond donors (Lipinski definition) is 1. The highest BCUT2D eigenvalue weighted by Crippen LogP contribution is 2.29. The van der Waals surface area contributed by atoms with Crippen molar-refractivity contribution in [1.82, 2.24) is 15.1 Å². The van der Waals surface area contributed by atoms with Crippen LogP contribution in [0.3, 0.4) is 0 Å². The highest BCUT2D eigenvalue weighted by Gasteiger charge is 2.30. The van der Waals surface area contributed by atoms with Crippen LogP contribution in [0.4, 0.5) is 0 Å². The monoisotopic (exact) mass is 253 g/mol. The van der Waals surface area contributed by atoms with Crippen molar-refractivity contribution >= 4 is 0 Å². The first-order chi connectivity index (χ1) is 8.69. The zero-order chi connectivity index (χ0) is 13.0. The molecule has 0 radical (unpaired) electrons. The minimum Gasteiger partial charge on any atom is -0.314 e. The number of nitrogens with one attached hydrogen (secondary N) is 1. The first kappa shape index (κ1) is 14.3. The van der Waals surface area contributed by atoms with Crippen LogP contribution in [0.25, 0.3) is 0 Å². The van der Waals surface area contributed by atoms with Gasteiger partial charge in [0.25, 0.3) is 0 Å². The lowest BCUT2D eigenvalue weighted by Crippen LogP contribution is -2.50. The van der Waals surface area contributed by atoms with Gasteiger partial charge in [0.1, 0.15) is 0 Å². The predicted molar refractivity (Wildman–Crippen MR) is 77.9 cm³/mol. The maximum absolute atomic E-state index is 3.72. The Balaban J connectivity index is 1.83. The van der Waals surface area contributed by atoms with E-state index in [0.717, 1.165) is 24.4 Å². The Morgan fingerprint density at radius 1 is 1.11 bits per heavy atom. The molecule has 3 heteroatoms. The molecule has 0 aromatic rings. The summed E-state index contributed by atoms with van der Waals surface area (Å²) < 4.78 is 0. The van der Waals surface area contributed by atoms with E-state index in [1.54, 1.807) is 0 Å². The molecular weight excluding hydrogens is 222 g/mol. The molecule has 3 nitrogen and oxygen atoms in total. The van der Waals surface area contributed by atoms with Crippen molar-refractivity contribution < 1.29 is 0 Å². The average Bonchev–Trinajstić information content (AvgIpc) is 2.36. The Kier molecular flexibility index (Phi) is 5.46. The quantitative estimate of drug-likeness (QED) is 0.822. The number of rotatable bonds is 4. The molecule has 3 atom stereocenters. The lowest BCUT2D eigenvalue weighted by molar-refractivity contribution is 0.102. The lowest BCUT2D eigenvalue weighted by atomic mass is 9.78. The molecule has 0 spiro atoms. The smallest absolute Gasteiger partial charge is 0.0110 e. The van der Waals surface area contributed by atoms with Crippen molar-refractivity contribution in [1.29, 1.82) is 0 Å². The summed E-state index contributed by atoms with van der Waals surface area (Å²) in [6, 6.07) is 0.769. The van der Waals surface area contributed by atoms with Crippen LogP contribution >= 0.6 is 0 Å². The molecule has 1 N–H and O–H groups in total. The Labute approximate surface area is 113 Å². The topological polar surface area (TPSA) is 18.5 Å². The second-order valence-corrected chi connectivity index (χ2v) is 6.45. The molecule has 1 aliphatic carbocycles. The van der Waals surface area contributed by atoms with Gasteiger partial charge in [-0.2, -0.15) is 0 Å². The van der Waals surface area contributed by atoms with Gasteiger partial charge in [-0.15, -0.1) is 0 Å². The highest BCUT2D eigenvalue weighted by atomic mass is 15.2. The lowest BCUT2D eigenvalue weighted by Gasteiger charge is -2.40. The second-order valence-electron chi connectivity index (χ2n) is 6.45. The normalized spacial score (nSPS) is 35.8. The molecule has 1 saturated heterocycles. The molecule has 0 aromatic carbocycles. The standard InChI is InChI=1S/C15H31N3/c1-4-16-15-6-5-13(2)11-14(15)12-18-9-7-17(3)8-10-18/h13-16H,4-12H2,1-3H3. The minimum atomic E-state index is 0.769. The number of nitrogens with zero attached hydrogens (tertiary/aromatic N) is 2. The van der Waals surface area contributed by atoms with Gasteiger partial charge in [-0.25, -0.2) is 0 Å². The molecule has 0 aromatic heterocycles. The number of hydrogen-bond acceptors (Lipinski definition) is 3. The molecule has 2 rings (SSSR count). The van der Waals surface area contributed by atoms with Gasteiger partial charge in [0.15, 0.2) is 0 Å². The fourth-order valence-corrected chi connectivity index (χ4v) is 3.59. The molecule has 106 valence electrons. The van der Waals surface area contributed by atoms with E-state index in [9.17, 15) is 0 Å². The minimum absolute atomic E-state index is 0.769. The van der Waals surface area contributed by atoms with E-state index >= 15 is 0 Å².